The van der Waals surface area contributed by atoms with Crippen LogP contribution in [0, 0.1) is 5.41 Å². The molecule has 1 rings (SSSR count). The SMILES string of the molecule is CC(C)(C)C(CCCl)NC1CCCC1. The van der Waals surface area contributed by atoms with Crippen LogP contribution >= 0.6 is 11.6 Å². The van der Waals surface area contributed by atoms with Crippen LogP contribution in [0.15, 0.2) is 0 Å². The predicted octanol–water partition coefficient (Wildman–Crippen LogP) is 3.56. The van der Waals surface area contributed by atoms with Crippen molar-refractivity contribution < 1.29 is 0 Å². The van der Waals surface area contributed by atoms with E-state index in [4.69, 9.17) is 11.6 Å². The summed E-state index contributed by atoms with van der Waals surface area (Å²) in [5.41, 5.74) is 0.331. The normalized spacial score (nSPS) is 21.4. The van der Waals surface area contributed by atoms with Crippen LogP contribution in [0.25, 0.3) is 0 Å². The second kappa shape index (κ2) is 5.37. The highest BCUT2D eigenvalue weighted by molar-refractivity contribution is 6.17. The second-order valence-corrected chi connectivity index (χ2v) is 5.92. The minimum Gasteiger partial charge on any atom is -0.311 e. The molecule has 0 spiro atoms. The first-order chi connectivity index (χ1) is 6.54. The lowest BCUT2D eigenvalue weighted by Crippen LogP contribution is -2.45. The van der Waals surface area contributed by atoms with Gasteiger partial charge < -0.3 is 5.32 Å². The van der Waals surface area contributed by atoms with Gasteiger partial charge in [0.1, 0.15) is 0 Å². The summed E-state index contributed by atoms with van der Waals surface area (Å²) in [5.74, 6) is 0.766. The summed E-state index contributed by atoms with van der Waals surface area (Å²) in [5, 5.41) is 3.77. The van der Waals surface area contributed by atoms with E-state index in [-0.39, 0.29) is 0 Å². The Kier molecular flexibility index (Phi) is 4.72. The molecule has 0 amide bonds. The molecule has 0 radical (unpaired) electrons. The molecule has 14 heavy (non-hydrogen) atoms. The summed E-state index contributed by atoms with van der Waals surface area (Å²) >= 11 is 5.85. The topological polar surface area (TPSA) is 12.0 Å². The van der Waals surface area contributed by atoms with Crippen LogP contribution in [0.4, 0.5) is 0 Å². The van der Waals surface area contributed by atoms with E-state index in [0.717, 1.165) is 18.3 Å². The zero-order valence-electron chi connectivity index (χ0n) is 9.78. The molecular weight excluding hydrogens is 194 g/mol. The molecule has 1 atom stereocenters. The van der Waals surface area contributed by atoms with Crippen molar-refractivity contribution >= 4 is 11.6 Å². The molecule has 0 aromatic heterocycles. The molecule has 1 nitrogen and oxygen atoms in total. The fraction of sp³-hybridized carbons (Fsp3) is 1.00. The summed E-state index contributed by atoms with van der Waals surface area (Å²) in [6.45, 7) is 6.89. The Hall–Kier alpha value is 0.250. The van der Waals surface area contributed by atoms with Gasteiger partial charge >= 0.3 is 0 Å². The monoisotopic (exact) mass is 217 g/mol. The van der Waals surface area contributed by atoms with Crippen molar-refractivity contribution in [1.82, 2.24) is 5.32 Å². The molecule has 0 heterocycles. The van der Waals surface area contributed by atoms with Crippen LogP contribution in [0.1, 0.15) is 52.9 Å². The quantitative estimate of drug-likeness (QED) is 0.711. The maximum absolute atomic E-state index is 5.85. The first-order valence-electron chi connectivity index (χ1n) is 5.86. The highest BCUT2D eigenvalue weighted by atomic mass is 35.5. The van der Waals surface area contributed by atoms with Gasteiger partial charge in [0.2, 0.25) is 0 Å². The van der Waals surface area contributed by atoms with Gasteiger partial charge in [-0.25, -0.2) is 0 Å². The number of rotatable bonds is 4. The summed E-state index contributed by atoms with van der Waals surface area (Å²) in [6.07, 6.45) is 6.59. The van der Waals surface area contributed by atoms with Crippen molar-refractivity contribution in [2.24, 2.45) is 5.41 Å². The zero-order valence-corrected chi connectivity index (χ0v) is 10.5. The van der Waals surface area contributed by atoms with Gasteiger partial charge in [0.25, 0.3) is 0 Å². The summed E-state index contributed by atoms with van der Waals surface area (Å²) < 4.78 is 0. The minimum atomic E-state index is 0.331. The Morgan fingerprint density at radius 1 is 1.29 bits per heavy atom. The molecule has 1 N–H and O–H groups in total. The molecule has 1 saturated carbocycles. The van der Waals surface area contributed by atoms with E-state index >= 15 is 0 Å². The Balaban J connectivity index is 2.41. The average Bonchev–Trinajstić information content (AvgIpc) is 2.54. The standard InChI is InChI=1S/C12H24ClN/c1-12(2,3)11(8-9-13)14-10-6-4-5-7-10/h10-11,14H,4-9H2,1-3H3. The van der Waals surface area contributed by atoms with Gasteiger partial charge in [-0.15, -0.1) is 11.6 Å². The number of alkyl halides is 1. The fourth-order valence-electron chi connectivity index (χ4n) is 2.25. The number of nitrogens with one attached hydrogen (secondary N) is 1. The third kappa shape index (κ3) is 3.78. The van der Waals surface area contributed by atoms with Crippen molar-refractivity contribution in [2.45, 2.75) is 65.0 Å². The third-order valence-corrected chi connectivity index (χ3v) is 3.45. The number of hydrogen-bond acceptors (Lipinski definition) is 1. The molecular formula is C12H24ClN. The summed E-state index contributed by atoms with van der Waals surface area (Å²) in [4.78, 5) is 0. The molecule has 1 aliphatic carbocycles. The van der Waals surface area contributed by atoms with E-state index in [2.05, 4.69) is 26.1 Å². The van der Waals surface area contributed by atoms with E-state index in [9.17, 15) is 0 Å². The Bertz CT molecular complexity index is 156. The molecule has 1 fully saturated rings. The minimum absolute atomic E-state index is 0.331. The van der Waals surface area contributed by atoms with Crippen LogP contribution in [0.5, 0.6) is 0 Å². The highest BCUT2D eigenvalue weighted by Gasteiger charge is 2.27. The van der Waals surface area contributed by atoms with Gasteiger partial charge in [-0.3, -0.25) is 0 Å². The Labute approximate surface area is 93.6 Å². The van der Waals surface area contributed by atoms with Gasteiger partial charge in [-0.2, -0.15) is 0 Å². The molecule has 84 valence electrons. The molecule has 1 aliphatic rings. The molecule has 0 aromatic rings. The van der Waals surface area contributed by atoms with Crippen LogP contribution in [0.2, 0.25) is 0 Å². The first kappa shape index (κ1) is 12.3. The molecule has 0 aliphatic heterocycles. The van der Waals surface area contributed by atoms with Gasteiger partial charge in [0.15, 0.2) is 0 Å². The third-order valence-electron chi connectivity index (χ3n) is 3.24. The van der Waals surface area contributed by atoms with Crippen LogP contribution in [-0.4, -0.2) is 18.0 Å². The largest absolute Gasteiger partial charge is 0.311 e. The molecule has 0 aromatic carbocycles. The predicted molar refractivity (Wildman–Crippen MR) is 64.0 cm³/mol. The first-order valence-corrected chi connectivity index (χ1v) is 6.39. The van der Waals surface area contributed by atoms with Crippen molar-refractivity contribution in [3.8, 4) is 0 Å². The smallest absolute Gasteiger partial charge is 0.0238 e. The molecule has 0 saturated heterocycles. The van der Waals surface area contributed by atoms with Crippen molar-refractivity contribution in [1.29, 1.82) is 0 Å². The van der Waals surface area contributed by atoms with Gasteiger partial charge in [0.05, 0.1) is 0 Å². The second-order valence-electron chi connectivity index (χ2n) is 5.54. The lowest BCUT2D eigenvalue weighted by molar-refractivity contribution is 0.240. The van der Waals surface area contributed by atoms with Crippen LogP contribution in [-0.2, 0) is 0 Å². The van der Waals surface area contributed by atoms with Crippen molar-refractivity contribution in [3.63, 3.8) is 0 Å². The molecule has 1 unspecified atom stereocenters. The molecule has 2 heteroatoms. The van der Waals surface area contributed by atoms with E-state index in [1.54, 1.807) is 0 Å². The molecule has 0 bridgehead atoms. The Morgan fingerprint density at radius 2 is 1.86 bits per heavy atom. The summed E-state index contributed by atoms with van der Waals surface area (Å²) in [6, 6.07) is 1.32. The maximum Gasteiger partial charge on any atom is 0.0238 e. The lowest BCUT2D eigenvalue weighted by Gasteiger charge is -2.33. The van der Waals surface area contributed by atoms with E-state index in [1.807, 2.05) is 0 Å². The van der Waals surface area contributed by atoms with E-state index in [1.165, 1.54) is 25.7 Å². The van der Waals surface area contributed by atoms with E-state index < -0.39 is 0 Å². The zero-order chi connectivity index (χ0) is 10.6. The average molecular weight is 218 g/mol. The highest BCUT2D eigenvalue weighted by Crippen LogP contribution is 2.26. The fourth-order valence-corrected chi connectivity index (χ4v) is 2.47. The Morgan fingerprint density at radius 3 is 2.29 bits per heavy atom. The van der Waals surface area contributed by atoms with Crippen molar-refractivity contribution in [2.75, 3.05) is 5.88 Å². The van der Waals surface area contributed by atoms with Crippen LogP contribution < -0.4 is 5.32 Å². The number of hydrogen-bond donors (Lipinski definition) is 1. The van der Waals surface area contributed by atoms with E-state index in [0.29, 0.717) is 11.5 Å². The van der Waals surface area contributed by atoms with Crippen LogP contribution in [0.3, 0.4) is 0 Å². The van der Waals surface area contributed by atoms with Gasteiger partial charge in [-0.05, 0) is 24.7 Å². The van der Waals surface area contributed by atoms with Gasteiger partial charge in [-0.1, -0.05) is 33.6 Å². The lowest BCUT2D eigenvalue weighted by atomic mass is 9.84. The maximum atomic E-state index is 5.85. The number of halogens is 1. The van der Waals surface area contributed by atoms with Crippen molar-refractivity contribution in [3.05, 3.63) is 0 Å². The summed E-state index contributed by atoms with van der Waals surface area (Å²) in [7, 11) is 0. The van der Waals surface area contributed by atoms with Gasteiger partial charge in [0, 0.05) is 18.0 Å².